The first kappa shape index (κ1) is 18.1. The lowest BCUT2D eigenvalue weighted by molar-refractivity contribution is -0.137. The van der Waals surface area contributed by atoms with Crippen LogP contribution in [0.1, 0.15) is 36.1 Å². The zero-order chi connectivity index (χ0) is 19.1. The lowest BCUT2D eigenvalue weighted by Crippen LogP contribution is -2.48. The van der Waals surface area contributed by atoms with Crippen LogP contribution in [0.4, 0.5) is 13.2 Å². The Morgan fingerprint density at radius 2 is 2.07 bits per heavy atom. The Morgan fingerprint density at radius 1 is 1.22 bits per heavy atom. The van der Waals surface area contributed by atoms with Crippen molar-refractivity contribution in [1.82, 2.24) is 9.47 Å². The van der Waals surface area contributed by atoms with Gasteiger partial charge < -0.3 is 9.40 Å². The van der Waals surface area contributed by atoms with Crippen LogP contribution in [-0.2, 0) is 24.6 Å². The highest BCUT2D eigenvalue weighted by Gasteiger charge is 2.43. The molecule has 0 saturated carbocycles. The van der Waals surface area contributed by atoms with Crippen molar-refractivity contribution in [3.05, 3.63) is 59.4 Å². The molecule has 0 amide bonds. The minimum absolute atomic E-state index is 0.438. The highest BCUT2D eigenvalue weighted by molar-refractivity contribution is 6.01. The first-order valence-corrected chi connectivity index (χ1v) is 9.10. The number of piperidine rings is 1. The van der Waals surface area contributed by atoms with Gasteiger partial charge in [0.1, 0.15) is 0 Å². The highest BCUT2D eigenvalue weighted by atomic mass is 19.4. The molecule has 1 saturated heterocycles. The fourth-order valence-corrected chi connectivity index (χ4v) is 3.99. The van der Waals surface area contributed by atoms with Crippen molar-refractivity contribution in [2.24, 2.45) is 12.2 Å². The van der Waals surface area contributed by atoms with Crippen molar-refractivity contribution in [2.45, 2.75) is 37.6 Å². The van der Waals surface area contributed by atoms with Gasteiger partial charge in [0.25, 0.3) is 0 Å². The van der Waals surface area contributed by atoms with Gasteiger partial charge in [-0.15, -0.1) is 0 Å². The molecule has 0 bridgehead atoms. The van der Waals surface area contributed by atoms with Crippen LogP contribution in [0.3, 0.4) is 0 Å². The summed E-state index contributed by atoms with van der Waals surface area (Å²) in [6, 6.07) is 9.45. The molecule has 27 heavy (non-hydrogen) atoms. The average Bonchev–Trinajstić information content (AvgIpc) is 3.22. The molecule has 1 aromatic carbocycles. The van der Waals surface area contributed by atoms with Gasteiger partial charge in [-0.1, -0.05) is 17.3 Å². The summed E-state index contributed by atoms with van der Waals surface area (Å²) in [6.07, 6.45) is 0.0523. The second-order valence-corrected chi connectivity index (χ2v) is 7.49. The van der Waals surface area contributed by atoms with Crippen LogP contribution >= 0.6 is 0 Å². The van der Waals surface area contributed by atoms with Crippen molar-refractivity contribution in [2.75, 3.05) is 13.1 Å². The van der Waals surface area contributed by atoms with E-state index >= 15 is 0 Å². The van der Waals surface area contributed by atoms with Gasteiger partial charge in [0.15, 0.2) is 5.60 Å². The zero-order valence-corrected chi connectivity index (χ0v) is 15.2. The topological polar surface area (TPSA) is 29.8 Å². The Labute approximate surface area is 156 Å². The van der Waals surface area contributed by atoms with E-state index in [0.29, 0.717) is 17.7 Å². The third-order valence-electron chi connectivity index (χ3n) is 5.42. The Morgan fingerprint density at radius 3 is 2.81 bits per heavy atom. The van der Waals surface area contributed by atoms with Gasteiger partial charge in [-0.3, -0.25) is 4.90 Å². The Kier molecular flexibility index (Phi) is 4.50. The number of benzene rings is 1. The normalized spacial score (nSPS) is 23.5. The summed E-state index contributed by atoms with van der Waals surface area (Å²) in [4.78, 5) is 8.15. The van der Waals surface area contributed by atoms with Crippen LogP contribution in [0.2, 0.25) is 0 Å². The van der Waals surface area contributed by atoms with Gasteiger partial charge in [0.05, 0.1) is 11.3 Å². The Balaban J connectivity index is 1.47. The first-order valence-electron chi connectivity index (χ1n) is 9.10. The molecule has 144 valence electrons. The lowest BCUT2D eigenvalue weighted by atomic mass is 9.86. The van der Waals surface area contributed by atoms with Crippen molar-refractivity contribution < 1.29 is 18.0 Å². The number of hydrogen-bond acceptors (Lipinski definition) is 3. The van der Waals surface area contributed by atoms with Gasteiger partial charge in [0.2, 0.25) is 0 Å². The number of nitrogens with zero attached hydrogens (tertiary/aromatic N) is 3. The number of hydrogen-bond donors (Lipinski definition) is 0. The quantitative estimate of drug-likeness (QED) is 0.802. The molecule has 4 rings (SSSR count). The number of aryl methyl sites for hydroxylation is 1. The van der Waals surface area contributed by atoms with Crippen LogP contribution in [0.25, 0.3) is 0 Å². The summed E-state index contributed by atoms with van der Waals surface area (Å²) in [5.74, 6) is 0. The number of oxime groups is 1. The second-order valence-electron chi connectivity index (χ2n) is 7.49. The standard InChI is InChI=1S/C20H22F3N3O/c1-25-9-3-7-17(25)13-26-10-4-8-19(14-26)12-18(24-27-19)15-5-2-6-16(11-15)20(21,22)23/h2-3,5-7,9,11H,4,8,10,12-14H2,1H3. The molecule has 3 heterocycles. The number of alkyl halides is 3. The van der Waals surface area contributed by atoms with Crippen LogP contribution in [-0.4, -0.2) is 33.9 Å². The molecule has 1 unspecified atom stereocenters. The fraction of sp³-hybridized carbons (Fsp3) is 0.450. The minimum Gasteiger partial charge on any atom is -0.387 e. The van der Waals surface area contributed by atoms with E-state index in [0.717, 1.165) is 44.6 Å². The molecule has 2 aliphatic heterocycles. The van der Waals surface area contributed by atoms with E-state index in [4.69, 9.17) is 4.84 Å². The zero-order valence-electron chi connectivity index (χ0n) is 15.2. The number of aromatic nitrogens is 1. The predicted molar refractivity (Wildman–Crippen MR) is 96.3 cm³/mol. The maximum Gasteiger partial charge on any atom is 0.416 e. The number of likely N-dealkylation sites (tertiary alicyclic amines) is 1. The van der Waals surface area contributed by atoms with Gasteiger partial charge in [-0.05, 0) is 43.7 Å². The molecule has 4 nitrogen and oxygen atoms in total. The van der Waals surface area contributed by atoms with Crippen molar-refractivity contribution in [3.63, 3.8) is 0 Å². The lowest BCUT2D eigenvalue weighted by Gasteiger charge is -2.38. The monoisotopic (exact) mass is 377 g/mol. The highest BCUT2D eigenvalue weighted by Crippen LogP contribution is 2.36. The van der Waals surface area contributed by atoms with Gasteiger partial charge in [-0.2, -0.15) is 13.2 Å². The van der Waals surface area contributed by atoms with Crippen molar-refractivity contribution in [1.29, 1.82) is 0 Å². The molecule has 2 aliphatic rings. The summed E-state index contributed by atoms with van der Waals surface area (Å²) < 4.78 is 41.1. The van der Waals surface area contributed by atoms with Crippen molar-refractivity contribution in [3.8, 4) is 0 Å². The molecule has 2 aromatic rings. The smallest absolute Gasteiger partial charge is 0.387 e. The first-order chi connectivity index (χ1) is 12.8. The summed E-state index contributed by atoms with van der Waals surface area (Å²) in [5, 5.41) is 4.17. The van der Waals surface area contributed by atoms with Crippen molar-refractivity contribution >= 4 is 5.71 Å². The van der Waals surface area contributed by atoms with E-state index in [2.05, 4.69) is 20.7 Å². The molecular weight excluding hydrogens is 355 g/mol. The molecule has 1 fully saturated rings. The summed E-state index contributed by atoms with van der Waals surface area (Å²) in [5.41, 5.74) is 1.22. The maximum atomic E-state index is 13.0. The van der Waals surface area contributed by atoms with Gasteiger partial charge in [-0.25, -0.2) is 0 Å². The van der Waals surface area contributed by atoms with Crippen LogP contribution < -0.4 is 0 Å². The third kappa shape index (κ3) is 3.74. The van der Waals surface area contributed by atoms with E-state index in [9.17, 15) is 13.2 Å². The second kappa shape index (κ2) is 6.71. The van der Waals surface area contributed by atoms with Crippen LogP contribution in [0, 0.1) is 0 Å². The van der Waals surface area contributed by atoms with E-state index in [1.165, 1.54) is 11.8 Å². The van der Waals surface area contributed by atoms with Crippen LogP contribution in [0.15, 0.2) is 47.8 Å². The van der Waals surface area contributed by atoms with Gasteiger partial charge in [0, 0.05) is 44.0 Å². The van der Waals surface area contributed by atoms with E-state index < -0.39 is 17.3 Å². The average molecular weight is 377 g/mol. The Hall–Kier alpha value is -2.28. The fourth-order valence-electron chi connectivity index (χ4n) is 3.99. The molecule has 1 aromatic heterocycles. The molecular formula is C20H22F3N3O. The largest absolute Gasteiger partial charge is 0.416 e. The molecule has 1 atom stereocenters. The molecule has 0 aliphatic carbocycles. The molecule has 0 N–H and O–H groups in total. The summed E-state index contributed by atoms with van der Waals surface area (Å²) in [6.45, 7) is 2.53. The third-order valence-corrected chi connectivity index (χ3v) is 5.42. The maximum absolute atomic E-state index is 13.0. The predicted octanol–water partition coefficient (Wildman–Crippen LogP) is 4.20. The molecule has 0 radical (unpaired) electrons. The Bertz CT molecular complexity index is 858. The summed E-state index contributed by atoms with van der Waals surface area (Å²) in [7, 11) is 2.02. The van der Waals surface area contributed by atoms with E-state index in [-0.39, 0.29) is 0 Å². The van der Waals surface area contributed by atoms with Gasteiger partial charge >= 0.3 is 6.18 Å². The number of rotatable bonds is 3. The number of halogens is 3. The SMILES string of the molecule is Cn1cccc1CN1CCCC2(CC(c3cccc(C(F)(F)F)c3)=NO2)C1. The summed E-state index contributed by atoms with van der Waals surface area (Å²) >= 11 is 0. The molecule has 1 spiro atoms. The molecule has 7 heteroatoms. The van der Waals surface area contributed by atoms with E-state index in [1.54, 1.807) is 6.07 Å². The minimum atomic E-state index is -4.36. The van der Waals surface area contributed by atoms with E-state index in [1.807, 2.05) is 19.3 Å². The van der Waals surface area contributed by atoms with Crippen LogP contribution in [0.5, 0.6) is 0 Å².